The van der Waals surface area contributed by atoms with Gasteiger partial charge in [-0.15, -0.1) is 0 Å². The number of hydrogen-bond acceptors (Lipinski definition) is 4. The van der Waals surface area contributed by atoms with Crippen LogP contribution in [0.3, 0.4) is 0 Å². The van der Waals surface area contributed by atoms with Gasteiger partial charge in [0.15, 0.2) is 0 Å². The van der Waals surface area contributed by atoms with Gasteiger partial charge in [0, 0.05) is 45.4 Å². The molecule has 2 aliphatic heterocycles. The van der Waals surface area contributed by atoms with Gasteiger partial charge in [0.1, 0.15) is 0 Å². The molecule has 0 aromatic heterocycles. The fraction of sp³-hybridized carbons (Fsp3) is 0.941. The minimum Gasteiger partial charge on any atom is -0.379 e. The highest BCUT2D eigenvalue weighted by Gasteiger charge is 2.26. The second-order valence-corrected chi connectivity index (χ2v) is 6.74. The van der Waals surface area contributed by atoms with Crippen molar-refractivity contribution in [3.63, 3.8) is 0 Å². The van der Waals surface area contributed by atoms with E-state index >= 15 is 0 Å². The molecule has 0 aliphatic carbocycles. The van der Waals surface area contributed by atoms with Crippen molar-refractivity contribution < 1.29 is 14.3 Å². The number of hydrogen-bond donors (Lipinski definition) is 1. The van der Waals surface area contributed by atoms with E-state index in [2.05, 4.69) is 24.1 Å². The molecule has 0 radical (unpaired) electrons. The lowest BCUT2D eigenvalue weighted by Gasteiger charge is -2.36. The van der Waals surface area contributed by atoms with Crippen LogP contribution in [0, 0.1) is 0 Å². The molecule has 0 aromatic carbocycles. The van der Waals surface area contributed by atoms with E-state index in [1.807, 2.05) is 4.90 Å². The summed E-state index contributed by atoms with van der Waals surface area (Å²) in [6, 6.07) is 0.415. The van der Waals surface area contributed by atoms with Crippen LogP contribution in [0.5, 0.6) is 0 Å². The van der Waals surface area contributed by atoms with Gasteiger partial charge < -0.3 is 19.7 Å². The molecule has 134 valence electrons. The highest BCUT2D eigenvalue weighted by atomic mass is 16.5. The first kappa shape index (κ1) is 18.5. The molecule has 0 unspecified atom stereocenters. The first-order chi connectivity index (χ1) is 11.2. The van der Waals surface area contributed by atoms with E-state index in [1.54, 1.807) is 0 Å². The molecule has 0 bridgehead atoms. The average molecular weight is 327 g/mol. The summed E-state index contributed by atoms with van der Waals surface area (Å²) in [5.74, 6) is 0. The number of nitrogens with zero attached hydrogens (tertiary/aromatic N) is 2. The van der Waals surface area contributed by atoms with Gasteiger partial charge in [-0.1, -0.05) is 0 Å². The Labute approximate surface area is 140 Å². The highest BCUT2D eigenvalue weighted by Crippen LogP contribution is 2.20. The zero-order valence-corrected chi connectivity index (χ0v) is 14.8. The van der Waals surface area contributed by atoms with Gasteiger partial charge >= 0.3 is 6.03 Å². The minimum atomic E-state index is 0.0903. The van der Waals surface area contributed by atoms with Gasteiger partial charge in [0.2, 0.25) is 0 Å². The molecule has 2 rings (SSSR count). The molecule has 2 heterocycles. The monoisotopic (exact) mass is 327 g/mol. The van der Waals surface area contributed by atoms with E-state index in [4.69, 9.17) is 9.47 Å². The second-order valence-electron chi connectivity index (χ2n) is 6.74. The van der Waals surface area contributed by atoms with E-state index in [0.29, 0.717) is 12.6 Å². The summed E-state index contributed by atoms with van der Waals surface area (Å²) >= 11 is 0. The Hall–Kier alpha value is -0.850. The maximum atomic E-state index is 12.5. The van der Waals surface area contributed by atoms with Crippen molar-refractivity contribution in [1.29, 1.82) is 0 Å². The molecule has 1 atom stereocenters. The van der Waals surface area contributed by atoms with Gasteiger partial charge in [-0.25, -0.2) is 4.79 Å². The third-order valence-corrected chi connectivity index (χ3v) is 4.60. The van der Waals surface area contributed by atoms with Gasteiger partial charge in [0.05, 0.1) is 19.3 Å². The normalized spacial score (nSPS) is 23.3. The predicted octanol–water partition coefficient (Wildman–Crippen LogP) is 1.70. The number of ether oxygens (including phenoxy) is 2. The third kappa shape index (κ3) is 6.65. The van der Waals surface area contributed by atoms with Crippen LogP contribution in [0.25, 0.3) is 0 Å². The van der Waals surface area contributed by atoms with Crippen molar-refractivity contribution in [3.8, 4) is 0 Å². The largest absolute Gasteiger partial charge is 0.379 e. The zero-order chi connectivity index (χ0) is 16.5. The number of piperidine rings is 1. The highest BCUT2D eigenvalue weighted by molar-refractivity contribution is 5.74. The van der Waals surface area contributed by atoms with Crippen molar-refractivity contribution in [2.75, 3.05) is 52.5 Å². The van der Waals surface area contributed by atoms with Crippen LogP contribution in [0.2, 0.25) is 0 Å². The first-order valence-corrected chi connectivity index (χ1v) is 9.13. The molecule has 2 aliphatic rings. The average Bonchev–Trinajstić information content (AvgIpc) is 2.56. The topological polar surface area (TPSA) is 54.0 Å². The Balaban J connectivity index is 1.69. The molecular weight excluding hydrogens is 294 g/mol. The fourth-order valence-electron chi connectivity index (χ4n) is 3.26. The van der Waals surface area contributed by atoms with Crippen molar-refractivity contribution in [3.05, 3.63) is 0 Å². The summed E-state index contributed by atoms with van der Waals surface area (Å²) in [6.07, 6.45) is 4.62. The van der Waals surface area contributed by atoms with Crippen molar-refractivity contribution in [2.45, 2.75) is 51.7 Å². The molecule has 23 heavy (non-hydrogen) atoms. The molecule has 6 heteroatoms. The Bertz CT molecular complexity index is 346. The van der Waals surface area contributed by atoms with E-state index in [9.17, 15) is 4.79 Å². The van der Waals surface area contributed by atoms with Crippen molar-refractivity contribution in [2.24, 2.45) is 0 Å². The van der Waals surface area contributed by atoms with Gasteiger partial charge in [-0.3, -0.25) is 4.90 Å². The summed E-state index contributed by atoms with van der Waals surface area (Å²) in [5, 5.41) is 3.09. The number of morpholine rings is 1. The Kier molecular flexibility index (Phi) is 8.12. The van der Waals surface area contributed by atoms with Crippen LogP contribution in [-0.2, 0) is 9.47 Å². The summed E-state index contributed by atoms with van der Waals surface area (Å²) in [6.45, 7) is 10.9. The van der Waals surface area contributed by atoms with Crippen molar-refractivity contribution in [1.82, 2.24) is 15.1 Å². The summed E-state index contributed by atoms with van der Waals surface area (Å²) in [5.41, 5.74) is 0. The summed E-state index contributed by atoms with van der Waals surface area (Å²) in [7, 11) is 0. The van der Waals surface area contributed by atoms with Gasteiger partial charge in [-0.2, -0.15) is 0 Å². The second kappa shape index (κ2) is 10.1. The van der Waals surface area contributed by atoms with Crippen LogP contribution in [0.4, 0.5) is 4.79 Å². The number of urea groups is 1. The lowest BCUT2D eigenvalue weighted by atomic mass is 10.00. The number of rotatable bonds is 7. The van der Waals surface area contributed by atoms with E-state index in [0.717, 1.165) is 65.3 Å². The number of nitrogens with one attached hydrogen (secondary N) is 1. The maximum Gasteiger partial charge on any atom is 0.317 e. The number of likely N-dealkylation sites (tertiary alicyclic amines) is 1. The predicted molar refractivity (Wildman–Crippen MR) is 90.7 cm³/mol. The van der Waals surface area contributed by atoms with Crippen LogP contribution < -0.4 is 5.32 Å². The molecule has 0 aromatic rings. The standard InChI is InChI=1S/C17H33N3O3/c1-15(2)23-12-6-16-5-3-4-8-20(16)17(21)18-7-9-19-10-13-22-14-11-19/h15-16H,3-14H2,1-2H3,(H,18,21)/t16-/m0/s1. The number of carbonyl (C=O) groups is 1. The number of amides is 2. The SMILES string of the molecule is CC(C)OCC[C@@H]1CCCCN1C(=O)NCCN1CCOCC1. The first-order valence-electron chi connectivity index (χ1n) is 9.13. The van der Waals surface area contributed by atoms with Gasteiger partial charge in [-0.05, 0) is 39.5 Å². The van der Waals surface area contributed by atoms with E-state index in [1.165, 1.54) is 6.42 Å². The molecule has 6 nitrogen and oxygen atoms in total. The molecule has 1 N–H and O–H groups in total. The third-order valence-electron chi connectivity index (χ3n) is 4.60. The van der Waals surface area contributed by atoms with Crippen LogP contribution in [-0.4, -0.2) is 80.5 Å². The number of carbonyl (C=O) groups excluding carboxylic acids is 1. The van der Waals surface area contributed by atoms with Crippen LogP contribution in [0.1, 0.15) is 39.5 Å². The summed E-state index contributed by atoms with van der Waals surface area (Å²) in [4.78, 5) is 16.8. The van der Waals surface area contributed by atoms with Crippen molar-refractivity contribution >= 4 is 6.03 Å². The maximum absolute atomic E-state index is 12.5. The molecule has 2 fully saturated rings. The Morgan fingerprint density at radius 1 is 1.26 bits per heavy atom. The fourth-order valence-corrected chi connectivity index (χ4v) is 3.26. The molecule has 0 spiro atoms. The molecule has 2 saturated heterocycles. The molecule has 2 amide bonds. The van der Waals surface area contributed by atoms with Gasteiger partial charge in [0.25, 0.3) is 0 Å². The molecule has 0 saturated carbocycles. The summed E-state index contributed by atoms with van der Waals surface area (Å²) < 4.78 is 11.0. The lowest BCUT2D eigenvalue weighted by Crippen LogP contribution is -2.50. The van der Waals surface area contributed by atoms with Crippen LogP contribution >= 0.6 is 0 Å². The molecular formula is C17H33N3O3. The van der Waals surface area contributed by atoms with E-state index < -0.39 is 0 Å². The minimum absolute atomic E-state index is 0.0903. The lowest BCUT2D eigenvalue weighted by molar-refractivity contribution is 0.0381. The van der Waals surface area contributed by atoms with E-state index in [-0.39, 0.29) is 12.1 Å². The Morgan fingerprint density at radius 3 is 2.78 bits per heavy atom. The van der Waals surface area contributed by atoms with Crippen LogP contribution in [0.15, 0.2) is 0 Å². The Morgan fingerprint density at radius 2 is 2.04 bits per heavy atom. The quantitative estimate of drug-likeness (QED) is 0.773. The smallest absolute Gasteiger partial charge is 0.317 e. The zero-order valence-electron chi connectivity index (χ0n) is 14.8.